The van der Waals surface area contributed by atoms with Crippen LogP contribution in [0.5, 0.6) is 0 Å². The molecule has 0 bridgehead atoms. The van der Waals surface area contributed by atoms with Crippen LogP contribution in [-0.2, 0) is 13.6 Å². The zero-order valence-electron chi connectivity index (χ0n) is 19.4. The number of likely N-dealkylation sites (tertiary alicyclic amines) is 1. The minimum atomic E-state index is -0.178. The molecule has 1 aliphatic heterocycles. The summed E-state index contributed by atoms with van der Waals surface area (Å²) in [4.78, 5) is 23.6. The van der Waals surface area contributed by atoms with Gasteiger partial charge in [0.1, 0.15) is 5.69 Å². The lowest BCUT2D eigenvalue weighted by Crippen LogP contribution is -2.23. The minimum Gasteiger partial charge on any atom is -0.354 e. The fraction of sp³-hybridized carbons (Fsp3) is 0.296. The fourth-order valence-corrected chi connectivity index (χ4v) is 4.98. The summed E-state index contributed by atoms with van der Waals surface area (Å²) in [6.07, 6.45) is 6.30. The van der Waals surface area contributed by atoms with Crippen molar-refractivity contribution in [2.75, 3.05) is 13.6 Å². The molecule has 1 saturated heterocycles. The number of benzene rings is 1. The second kappa shape index (κ2) is 8.79. The van der Waals surface area contributed by atoms with Crippen LogP contribution in [0, 0.1) is 6.92 Å². The molecule has 1 N–H and O–H groups in total. The SMILES string of the molecule is CNC(=O)c1ccc(-c2cc(C)nc([C@@H]3CCCN3Cc3cn(C)c4ccccc34)c2)cn1. The highest BCUT2D eigenvalue weighted by atomic mass is 16.1. The number of rotatable bonds is 5. The summed E-state index contributed by atoms with van der Waals surface area (Å²) in [5.41, 5.74) is 7.24. The topological polar surface area (TPSA) is 63.1 Å². The molecular formula is C27H29N5O. The first-order chi connectivity index (χ1) is 16.0. The lowest BCUT2D eigenvalue weighted by molar-refractivity contribution is 0.0958. The molecule has 3 aromatic heterocycles. The summed E-state index contributed by atoms with van der Waals surface area (Å²) in [6, 6.07) is 16.9. The van der Waals surface area contributed by atoms with E-state index in [1.165, 1.54) is 22.9 Å². The number of fused-ring (bicyclic) bond motifs is 1. The first kappa shape index (κ1) is 21.3. The maximum atomic E-state index is 11.8. The molecule has 168 valence electrons. The van der Waals surface area contributed by atoms with Gasteiger partial charge in [0, 0.05) is 55.2 Å². The van der Waals surface area contributed by atoms with E-state index < -0.39 is 0 Å². The Morgan fingerprint density at radius 1 is 1.15 bits per heavy atom. The third kappa shape index (κ3) is 4.14. The quantitative estimate of drug-likeness (QED) is 0.492. The summed E-state index contributed by atoms with van der Waals surface area (Å²) in [7, 11) is 3.73. The smallest absolute Gasteiger partial charge is 0.269 e. The van der Waals surface area contributed by atoms with Gasteiger partial charge in [0.05, 0.1) is 11.7 Å². The Bertz CT molecular complexity index is 1310. The Labute approximate surface area is 194 Å². The number of carbonyl (C=O) groups is 1. The van der Waals surface area contributed by atoms with Gasteiger partial charge >= 0.3 is 0 Å². The number of para-hydroxylation sites is 1. The molecule has 1 aromatic carbocycles. The molecule has 1 amide bonds. The number of aryl methyl sites for hydroxylation is 2. The highest BCUT2D eigenvalue weighted by molar-refractivity contribution is 5.92. The van der Waals surface area contributed by atoms with Gasteiger partial charge in [0.15, 0.2) is 0 Å². The van der Waals surface area contributed by atoms with Crippen molar-refractivity contribution < 1.29 is 4.79 Å². The number of carbonyl (C=O) groups excluding carboxylic acids is 1. The van der Waals surface area contributed by atoms with Crippen molar-refractivity contribution in [3.8, 4) is 11.1 Å². The molecule has 6 nitrogen and oxygen atoms in total. The average Bonchev–Trinajstić information content (AvgIpc) is 3.43. The van der Waals surface area contributed by atoms with Gasteiger partial charge in [-0.25, -0.2) is 0 Å². The van der Waals surface area contributed by atoms with Crippen LogP contribution in [0.4, 0.5) is 0 Å². The number of nitrogens with zero attached hydrogens (tertiary/aromatic N) is 4. The highest BCUT2D eigenvalue weighted by Gasteiger charge is 2.28. The van der Waals surface area contributed by atoms with E-state index in [1.807, 2.05) is 13.0 Å². The molecule has 0 unspecified atom stereocenters. The van der Waals surface area contributed by atoms with E-state index in [0.717, 1.165) is 42.0 Å². The van der Waals surface area contributed by atoms with Gasteiger partial charge in [0.25, 0.3) is 5.91 Å². The van der Waals surface area contributed by atoms with Gasteiger partial charge in [-0.1, -0.05) is 24.3 Å². The lowest BCUT2D eigenvalue weighted by Gasteiger charge is -2.24. The van der Waals surface area contributed by atoms with E-state index in [9.17, 15) is 4.79 Å². The van der Waals surface area contributed by atoms with Crippen molar-refractivity contribution >= 4 is 16.8 Å². The Morgan fingerprint density at radius 2 is 2.00 bits per heavy atom. The van der Waals surface area contributed by atoms with Crippen LogP contribution in [0.1, 0.15) is 46.3 Å². The van der Waals surface area contributed by atoms with Crippen molar-refractivity contribution in [1.82, 2.24) is 24.8 Å². The third-order valence-corrected chi connectivity index (χ3v) is 6.59. The first-order valence-corrected chi connectivity index (χ1v) is 11.5. The van der Waals surface area contributed by atoms with Crippen molar-refractivity contribution in [3.63, 3.8) is 0 Å². The predicted molar refractivity (Wildman–Crippen MR) is 131 cm³/mol. The molecule has 0 radical (unpaired) electrons. The molecule has 6 heteroatoms. The molecule has 0 spiro atoms. The summed E-state index contributed by atoms with van der Waals surface area (Å²) in [5, 5.41) is 3.94. The molecule has 0 aliphatic carbocycles. The minimum absolute atomic E-state index is 0.178. The van der Waals surface area contributed by atoms with Crippen molar-refractivity contribution in [3.05, 3.63) is 83.6 Å². The molecule has 5 rings (SSSR count). The highest BCUT2D eigenvalue weighted by Crippen LogP contribution is 2.35. The summed E-state index contributed by atoms with van der Waals surface area (Å²) >= 11 is 0. The van der Waals surface area contributed by atoms with Crippen LogP contribution in [0.3, 0.4) is 0 Å². The summed E-state index contributed by atoms with van der Waals surface area (Å²) < 4.78 is 2.22. The van der Waals surface area contributed by atoms with Gasteiger partial charge in [0.2, 0.25) is 0 Å². The van der Waals surface area contributed by atoms with Crippen LogP contribution in [0.15, 0.2) is 60.9 Å². The Morgan fingerprint density at radius 3 is 2.79 bits per heavy atom. The van der Waals surface area contributed by atoms with E-state index in [2.05, 4.69) is 69.4 Å². The Hall–Kier alpha value is -3.51. The second-order valence-corrected chi connectivity index (χ2v) is 8.84. The van der Waals surface area contributed by atoms with Crippen molar-refractivity contribution in [1.29, 1.82) is 0 Å². The van der Waals surface area contributed by atoms with Crippen LogP contribution < -0.4 is 5.32 Å². The normalized spacial score (nSPS) is 16.4. The zero-order valence-corrected chi connectivity index (χ0v) is 19.4. The fourth-order valence-electron chi connectivity index (χ4n) is 4.98. The van der Waals surface area contributed by atoms with E-state index >= 15 is 0 Å². The van der Waals surface area contributed by atoms with Gasteiger partial charge in [-0.05, 0) is 61.7 Å². The average molecular weight is 440 g/mol. The van der Waals surface area contributed by atoms with Gasteiger partial charge in [-0.2, -0.15) is 0 Å². The number of nitrogens with one attached hydrogen (secondary N) is 1. The standard InChI is InChI=1S/C27H29N5O/c1-18-13-20(19-10-11-23(29-15-19)27(33)28-2)14-24(30-18)26-9-6-12-32(26)17-21-16-31(3)25-8-5-4-7-22(21)25/h4-5,7-8,10-11,13-16,26H,6,9,12,17H2,1-3H3,(H,28,33)/t26-/m0/s1. The van der Waals surface area contributed by atoms with E-state index in [4.69, 9.17) is 4.98 Å². The molecule has 0 saturated carbocycles. The molecule has 1 fully saturated rings. The molecule has 4 heterocycles. The van der Waals surface area contributed by atoms with Crippen LogP contribution in [0.2, 0.25) is 0 Å². The number of aromatic nitrogens is 3. The number of amides is 1. The summed E-state index contributed by atoms with van der Waals surface area (Å²) in [6.45, 7) is 4.03. The lowest BCUT2D eigenvalue weighted by atomic mass is 10.0. The maximum Gasteiger partial charge on any atom is 0.269 e. The molecule has 1 atom stereocenters. The van der Waals surface area contributed by atoms with Gasteiger partial charge in [-0.3, -0.25) is 19.7 Å². The van der Waals surface area contributed by atoms with E-state index in [0.29, 0.717) is 11.7 Å². The molecule has 4 aromatic rings. The third-order valence-electron chi connectivity index (χ3n) is 6.59. The van der Waals surface area contributed by atoms with Crippen molar-refractivity contribution in [2.45, 2.75) is 32.4 Å². The van der Waals surface area contributed by atoms with Gasteiger partial charge in [-0.15, -0.1) is 0 Å². The zero-order chi connectivity index (χ0) is 22.9. The molecule has 33 heavy (non-hydrogen) atoms. The van der Waals surface area contributed by atoms with Crippen molar-refractivity contribution in [2.24, 2.45) is 7.05 Å². The summed E-state index contributed by atoms with van der Waals surface area (Å²) in [5.74, 6) is -0.178. The van der Waals surface area contributed by atoms with E-state index in [1.54, 1.807) is 19.3 Å². The van der Waals surface area contributed by atoms with Gasteiger partial charge < -0.3 is 9.88 Å². The second-order valence-electron chi connectivity index (χ2n) is 8.84. The largest absolute Gasteiger partial charge is 0.354 e. The Balaban J connectivity index is 1.43. The predicted octanol–water partition coefficient (Wildman–Crippen LogP) is 4.64. The van der Waals surface area contributed by atoms with E-state index in [-0.39, 0.29) is 5.91 Å². The maximum absolute atomic E-state index is 11.8. The number of pyridine rings is 2. The molecular weight excluding hydrogens is 410 g/mol. The Kier molecular flexibility index (Phi) is 5.68. The number of hydrogen-bond donors (Lipinski definition) is 1. The van der Waals surface area contributed by atoms with Crippen LogP contribution >= 0.6 is 0 Å². The molecule has 1 aliphatic rings. The monoisotopic (exact) mass is 439 g/mol. The van der Waals surface area contributed by atoms with Crippen LogP contribution in [0.25, 0.3) is 22.0 Å². The first-order valence-electron chi connectivity index (χ1n) is 11.5. The number of hydrogen-bond acceptors (Lipinski definition) is 4. The van der Waals surface area contributed by atoms with Crippen LogP contribution in [-0.4, -0.2) is 38.9 Å².